The molecule has 2 heterocycles. The molecule has 0 bridgehead atoms. The first-order chi connectivity index (χ1) is 15.2. The molecular formula is C22H18BrF3N4O2. The minimum absolute atomic E-state index is 0.0681. The number of para-hydroxylation sites is 1. The zero-order valence-corrected chi connectivity index (χ0v) is 18.3. The lowest BCUT2D eigenvalue weighted by Crippen LogP contribution is -2.42. The van der Waals surface area contributed by atoms with Gasteiger partial charge in [0, 0.05) is 23.9 Å². The monoisotopic (exact) mass is 506 g/mol. The third kappa shape index (κ3) is 4.85. The number of fused-ring (bicyclic) bond motifs is 1. The second-order valence-electron chi connectivity index (χ2n) is 7.39. The first kappa shape index (κ1) is 22.1. The highest BCUT2D eigenvalue weighted by molar-refractivity contribution is 9.10. The molecule has 3 aromatic rings. The van der Waals surface area contributed by atoms with Gasteiger partial charge in [0.05, 0.1) is 29.1 Å². The Morgan fingerprint density at radius 3 is 2.72 bits per heavy atom. The number of carbonyl (C=O) groups excluding carboxylic acids is 1. The summed E-state index contributed by atoms with van der Waals surface area (Å²) in [5.74, 6) is 0.291. The molecule has 0 spiro atoms. The van der Waals surface area contributed by atoms with Crippen LogP contribution in [0.2, 0.25) is 0 Å². The molecule has 0 radical (unpaired) electrons. The van der Waals surface area contributed by atoms with E-state index >= 15 is 0 Å². The summed E-state index contributed by atoms with van der Waals surface area (Å²) in [5.41, 5.74) is 0.810. The number of urea groups is 1. The van der Waals surface area contributed by atoms with E-state index in [1.807, 2.05) is 12.1 Å². The number of halogens is 4. The zero-order chi connectivity index (χ0) is 22.9. The average molecular weight is 507 g/mol. The van der Waals surface area contributed by atoms with Crippen LogP contribution in [0.15, 0.2) is 57.8 Å². The average Bonchev–Trinajstić information content (AvgIpc) is 2.75. The van der Waals surface area contributed by atoms with Crippen LogP contribution in [-0.2, 0) is 25.6 Å². The molecule has 1 aromatic heterocycles. The SMILES string of the molecule is O=C(Nc1ccccc1Br)N1CCc2nc(Cc3cccc(C(F)(F)F)c3)[nH]c(=O)c2C1. The lowest BCUT2D eigenvalue weighted by atomic mass is 10.1. The maximum absolute atomic E-state index is 12.9. The van der Waals surface area contributed by atoms with Crippen LogP contribution in [0.3, 0.4) is 0 Å². The van der Waals surface area contributed by atoms with Crippen molar-refractivity contribution in [2.75, 3.05) is 11.9 Å². The zero-order valence-electron chi connectivity index (χ0n) is 16.7. The summed E-state index contributed by atoms with van der Waals surface area (Å²) in [5, 5.41) is 2.81. The third-order valence-corrected chi connectivity index (χ3v) is 5.84. The minimum Gasteiger partial charge on any atom is -0.320 e. The van der Waals surface area contributed by atoms with Crippen LogP contribution in [0.25, 0.3) is 0 Å². The number of hydrogen-bond acceptors (Lipinski definition) is 3. The van der Waals surface area contributed by atoms with Crippen molar-refractivity contribution >= 4 is 27.6 Å². The van der Waals surface area contributed by atoms with E-state index in [0.29, 0.717) is 41.3 Å². The maximum atomic E-state index is 12.9. The number of H-pyrrole nitrogens is 1. The Morgan fingerprint density at radius 1 is 1.19 bits per heavy atom. The van der Waals surface area contributed by atoms with Crippen LogP contribution < -0.4 is 10.9 Å². The van der Waals surface area contributed by atoms with Crippen LogP contribution in [0.1, 0.15) is 28.2 Å². The van der Waals surface area contributed by atoms with Crippen molar-refractivity contribution in [3.05, 3.63) is 91.6 Å². The van der Waals surface area contributed by atoms with Crippen LogP contribution in [-0.4, -0.2) is 27.4 Å². The van der Waals surface area contributed by atoms with Gasteiger partial charge in [0.2, 0.25) is 0 Å². The van der Waals surface area contributed by atoms with Gasteiger partial charge < -0.3 is 15.2 Å². The Bertz CT molecular complexity index is 1230. The van der Waals surface area contributed by atoms with E-state index in [1.165, 1.54) is 11.0 Å². The van der Waals surface area contributed by atoms with E-state index in [4.69, 9.17) is 0 Å². The second-order valence-corrected chi connectivity index (χ2v) is 8.25. The summed E-state index contributed by atoms with van der Waals surface area (Å²) >= 11 is 3.38. The number of benzene rings is 2. The van der Waals surface area contributed by atoms with Crippen molar-refractivity contribution in [1.29, 1.82) is 0 Å². The normalized spacial score (nSPS) is 13.6. The minimum atomic E-state index is -4.44. The highest BCUT2D eigenvalue weighted by atomic mass is 79.9. The summed E-state index contributed by atoms with van der Waals surface area (Å²) in [4.78, 5) is 33.9. The summed E-state index contributed by atoms with van der Waals surface area (Å²) in [6.07, 6.45) is -4.00. The number of anilines is 1. The van der Waals surface area contributed by atoms with Crippen molar-refractivity contribution in [3.63, 3.8) is 0 Å². The van der Waals surface area contributed by atoms with Crippen LogP contribution in [0.5, 0.6) is 0 Å². The van der Waals surface area contributed by atoms with E-state index in [9.17, 15) is 22.8 Å². The van der Waals surface area contributed by atoms with E-state index in [2.05, 4.69) is 31.2 Å². The topological polar surface area (TPSA) is 78.1 Å². The van der Waals surface area contributed by atoms with Gasteiger partial charge in [-0.2, -0.15) is 13.2 Å². The fourth-order valence-corrected chi connectivity index (χ4v) is 3.93. The van der Waals surface area contributed by atoms with Crippen molar-refractivity contribution in [1.82, 2.24) is 14.9 Å². The molecule has 166 valence electrons. The molecule has 10 heteroatoms. The first-order valence-electron chi connectivity index (χ1n) is 9.78. The van der Waals surface area contributed by atoms with E-state index in [1.54, 1.807) is 18.2 Å². The van der Waals surface area contributed by atoms with Gasteiger partial charge in [-0.25, -0.2) is 9.78 Å². The lowest BCUT2D eigenvalue weighted by Gasteiger charge is -2.28. The van der Waals surface area contributed by atoms with Crippen molar-refractivity contribution in [2.45, 2.75) is 25.6 Å². The Labute approximate surface area is 189 Å². The molecule has 2 amide bonds. The quantitative estimate of drug-likeness (QED) is 0.538. The van der Waals surface area contributed by atoms with Gasteiger partial charge in [-0.3, -0.25) is 4.79 Å². The van der Waals surface area contributed by atoms with Gasteiger partial charge in [-0.05, 0) is 39.7 Å². The summed E-state index contributed by atoms with van der Waals surface area (Å²) in [6, 6.07) is 11.8. The highest BCUT2D eigenvalue weighted by Gasteiger charge is 2.30. The van der Waals surface area contributed by atoms with Crippen molar-refractivity contribution in [3.8, 4) is 0 Å². The molecule has 1 aliphatic rings. The molecule has 2 aromatic carbocycles. The molecule has 0 fully saturated rings. The second kappa shape index (κ2) is 8.78. The number of aromatic nitrogens is 2. The van der Waals surface area contributed by atoms with Gasteiger partial charge >= 0.3 is 12.2 Å². The van der Waals surface area contributed by atoms with Gasteiger partial charge in [-0.1, -0.05) is 30.3 Å². The fraction of sp³-hybridized carbons (Fsp3) is 0.227. The Kier molecular flexibility index (Phi) is 6.05. The Balaban J connectivity index is 1.50. The predicted molar refractivity (Wildman–Crippen MR) is 116 cm³/mol. The summed E-state index contributed by atoms with van der Waals surface area (Å²) < 4.78 is 39.6. The first-order valence-corrected chi connectivity index (χ1v) is 10.6. The number of amides is 2. The molecular weight excluding hydrogens is 489 g/mol. The van der Waals surface area contributed by atoms with Crippen molar-refractivity contribution < 1.29 is 18.0 Å². The van der Waals surface area contributed by atoms with Crippen LogP contribution >= 0.6 is 15.9 Å². The third-order valence-electron chi connectivity index (χ3n) is 5.15. The molecule has 0 unspecified atom stereocenters. The molecule has 1 aliphatic heterocycles. The van der Waals surface area contributed by atoms with Crippen LogP contribution in [0.4, 0.5) is 23.7 Å². The number of carbonyl (C=O) groups is 1. The fourth-order valence-electron chi connectivity index (χ4n) is 3.54. The molecule has 0 atom stereocenters. The summed E-state index contributed by atoms with van der Waals surface area (Å²) in [6.45, 7) is 0.459. The lowest BCUT2D eigenvalue weighted by molar-refractivity contribution is -0.137. The molecule has 0 aliphatic carbocycles. The standard InChI is InChI=1S/C22H18BrF3N4O2/c23-16-6-1-2-7-18(16)28-21(32)30-9-8-17-15(12-30)20(31)29-19(27-17)11-13-4-3-5-14(10-13)22(24,25)26/h1-7,10H,8-9,11-12H2,(H,28,32)(H,27,29,31). The van der Waals surface area contributed by atoms with E-state index in [-0.39, 0.29) is 19.0 Å². The molecule has 2 N–H and O–H groups in total. The van der Waals surface area contributed by atoms with E-state index in [0.717, 1.165) is 16.6 Å². The highest BCUT2D eigenvalue weighted by Crippen LogP contribution is 2.30. The molecule has 0 saturated heterocycles. The van der Waals surface area contributed by atoms with E-state index < -0.39 is 17.3 Å². The summed E-state index contributed by atoms with van der Waals surface area (Å²) in [7, 11) is 0. The molecule has 0 saturated carbocycles. The Hall–Kier alpha value is -3.14. The number of alkyl halides is 3. The van der Waals surface area contributed by atoms with Crippen LogP contribution in [0, 0.1) is 0 Å². The van der Waals surface area contributed by atoms with Gasteiger partial charge in [0.15, 0.2) is 0 Å². The Morgan fingerprint density at radius 2 is 1.97 bits per heavy atom. The largest absolute Gasteiger partial charge is 0.416 e. The molecule has 6 nitrogen and oxygen atoms in total. The molecule has 4 rings (SSSR count). The number of aromatic amines is 1. The maximum Gasteiger partial charge on any atom is 0.416 e. The predicted octanol–water partition coefficient (Wildman–Crippen LogP) is 4.73. The van der Waals surface area contributed by atoms with Gasteiger partial charge in [0.1, 0.15) is 5.82 Å². The number of hydrogen-bond donors (Lipinski definition) is 2. The smallest absolute Gasteiger partial charge is 0.320 e. The molecule has 32 heavy (non-hydrogen) atoms. The number of rotatable bonds is 3. The van der Waals surface area contributed by atoms with Gasteiger partial charge in [0.25, 0.3) is 5.56 Å². The van der Waals surface area contributed by atoms with Gasteiger partial charge in [-0.15, -0.1) is 0 Å². The van der Waals surface area contributed by atoms with Crippen molar-refractivity contribution in [2.24, 2.45) is 0 Å². The number of nitrogens with one attached hydrogen (secondary N) is 2. The number of nitrogens with zero attached hydrogens (tertiary/aromatic N) is 2.